The Morgan fingerprint density at radius 2 is 0.842 bits per heavy atom. The van der Waals surface area contributed by atoms with Gasteiger partial charge in [-0.15, -0.1) is 40.9 Å². The predicted molar refractivity (Wildman–Crippen MR) is 279 cm³/mol. The number of aromatic nitrogens is 3. The fourth-order valence-corrected chi connectivity index (χ4v) is 11.0. The fourth-order valence-electron chi connectivity index (χ4n) is 8.61. The highest BCUT2D eigenvalue weighted by molar-refractivity contribution is 7.87. The van der Waals surface area contributed by atoms with E-state index in [0.29, 0.717) is 39.3 Å². The number of hydrogen-bond donors (Lipinski definition) is 5. The molecule has 10 aromatic carbocycles. The minimum atomic E-state index is -4.96. The van der Waals surface area contributed by atoms with E-state index in [9.17, 15) is 57.0 Å². The standard InChI is InChI=1S/C50H31N9O13S4/c60-50-34-12-9-29(59-57-46-17-15-37-40(49(46)58-59)25-32(75(67,68)69)26-48(37)76(70,71)72)22-28(34)8-16-47(50)56-55-45-21-19-43(36-14-11-31(24-39(36)45)74(64,65)66)53-54-44-20-18-42(35-13-10-30(23-38(35)44)73(61,62)63)52-51-41-7-3-5-27-4-1-2-6-33(27)41/h1-26,60H,(H,61,62,63)(H,64,65,66)(H,67,68,69)(H,70,71,72). The highest BCUT2D eigenvalue weighted by Crippen LogP contribution is 2.42. The summed E-state index contributed by atoms with van der Waals surface area (Å²) in [6, 6.07) is 38.9. The van der Waals surface area contributed by atoms with Gasteiger partial charge < -0.3 is 5.11 Å². The first kappa shape index (κ1) is 49.4. The van der Waals surface area contributed by atoms with E-state index in [1.165, 1.54) is 77.6 Å². The van der Waals surface area contributed by atoms with Crippen molar-refractivity contribution in [1.82, 2.24) is 15.0 Å². The first-order chi connectivity index (χ1) is 36.1. The minimum absolute atomic E-state index is 0.0157. The van der Waals surface area contributed by atoms with Crippen LogP contribution in [-0.2, 0) is 40.5 Å². The van der Waals surface area contributed by atoms with E-state index in [1.54, 1.807) is 24.3 Å². The topological polar surface area (TPSA) is 343 Å². The molecule has 26 heteroatoms. The Kier molecular flexibility index (Phi) is 11.8. The second-order valence-corrected chi connectivity index (χ2v) is 22.6. The van der Waals surface area contributed by atoms with E-state index in [2.05, 4.69) is 40.9 Å². The third-order valence-electron chi connectivity index (χ3n) is 12.2. The molecule has 0 bridgehead atoms. The Morgan fingerprint density at radius 1 is 0.355 bits per heavy atom. The van der Waals surface area contributed by atoms with E-state index in [-0.39, 0.29) is 66.5 Å². The molecule has 1 heterocycles. The van der Waals surface area contributed by atoms with Crippen LogP contribution < -0.4 is 0 Å². The number of fused-ring (bicyclic) bond motifs is 7. The Bertz CT molecular complexity index is 4910. The third kappa shape index (κ3) is 9.26. The van der Waals surface area contributed by atoms with Crippen LogP contribution in [0.3, 0.4) is 0 Å². The molecule has 0 saturated heterocycles. The van der Waals surface area contributed by atoms with Crippen molar-refractivity contribution in [2.45, 2.75) is 19.6 Å². The van der Waals surface area contributed by atoms with Crippen molar-refractivity contribution in [2.24, 2.45) is 30.7 Å². The number of phenolic OH excluding ortho intramolecular Hbond substituents is 1. The molecule has 0 saturated carbocycles. The van der Waals surface area contributed by atoms with Crippen LogP contribution in [-0.4, -0.2) is 72.0 Å². The minimum Gasteiger partial charge on any atom is -0.505 e. The number of benzene rings is 10. The zero-order chi connectivity index (χ0) is 53.5. The van der Waals surface area contributed by atoms with Crippen molar-refractivity contribution in [3.8, 4) is 11.4 Å². The van der Waals surface area contributed by atoms with Gasteiger partial charge in [0.2, 0.25) is 0 Å². The number of nitrogens with zero attached hydrogens (tertiary/aromatic N) is 9. The lowest BCUT2D eigenvalue weighted by Crippen LogP contribution is -2.04. The van der Waals surface area contributed by atoms with Crippen molar-refractivity contribution in [3.05, 3.63) is 158 Å². The summed E-state index contributed by atoms with van der Waals surface area (Å²) in [5.74, 6) is -0.313. The lowest BCUT2D eigenvalue weighted by atomic mass is 10.1. The first-order valence-electron chi connectivity index (χ1n) is 21.9. The molecule has 76 heavy (non-hydrogen) atoms. The predicted octanol–water partition coefficient (Wildman–Crippen LogP) is 12.1. The van der Waals surface area contributed by atoms with Crippen LogP contribution >= 0.6 is 0 Å². The molecule has 0 aliphatic carbocycles. The normalized spacial score (nSPS) is 13.1. The SMILES string of the molecule is O=S(=O)(O)c1ccc2c(N=Nc3ccc(N=Nc4cccc5ccccc45)c4ccc(S(=O)(=O)O)cc34)ccc(N=Nc3ccc4cc(-n5nc6ccc7c(S(=O)(=O)O)cc(S(=O)(=O)O)cc7c6n5)ccc4c3O)c2c1. The summed E-state index contributed by atoms with van der Waals surface area (Å²) in [4.78, 5) is -1.29. The van der Waals surface area contributed by atoms with Gasteiger partial charge in [0.25, 0.3) is 40.5 Å². The summed E-state index contributed by atoms with van der Waals surface area (Å²) < 4.78 is 137. The highest BCUT2D eigenvalue weighted by atomic mass is 32.2. The zero-order valence-electron chi connectivity index (χ0n) is 38.2. The molecule has 378 valence electrons. The molecule has 0 aliphatic heterocycles. The van der Waals surface area contributed by atoms with E-state index in [0.717, 1.165) is 29.0 Å². The second-order valence-electron chi connectivity index (χ2n) is 16.9. The second kappa shape index (κ2) is 18.2. The molecule has 22 nitrogen and oxygen atoms in total. The molecule has 1 aromatic heterocycles. The van der Waals surface area contributed by atoms with Gasteiger partial charge >= 0.3 is 0 Å². The van der Waals surface area contributed by atoms with Crippen LogP contribution in [0.25, 0.3) is 70.6 Å². The highest BCUT2D eigenvalue weighted by Gasteiger charge is 2.24. The van der Waals surface area contributed by atoms with Crippen molar-refractivity contribution in [3.63, 3.8) is 0 Å². The quantitative estimate of drug-likeness (QED) is 0.0593. The van der Waals surface area contributed by atoms with E-state index in [4.69, 9.17) is 0 Å². The molecule has 0 spiro atoms. The lowest BCUT2D eigenvalue weighted by molar-refractivity contribution is 0.479. The van der Waals surface area contributed by atoms with Gasteiger partial charge in [0.15, 0.2) is 5.75 Å². The number of aromatic hydroxyl groups is 1. The summed E-state index contributed by atoms with van der Waals surface area (Å²) in [5.41, 5.74) is 1.91. The van der Waals surface area contributed by atoms with Crippen molar-refractivity contribution in [2.75, 3.05) is 0 Å². The summed E-state index contributed by atoms with van der Waals surface area (Å²) >= 11 is 0. The molecule has 11 aromatic rings. The van der Waals surface area contributed by atoms with E-state index < -0.39 is 60.1 Å². The Morgan fingerprint density at radius 3 is 1.42 bits per heavy atom. The van der Waals surface area contributed by atoms with Gasteiger partial charge in [0.1, 0.15) is 21.6 Å². The van der Waals surface area contributed by atoms with Gasteiger partial charge in [-0.3, -0.25) is 18.2 Å². The number of phenols is 1. The number of rotatable bonds is 11. The maximum atomic E-state index is 12.4. The van der Waals surface area contributed by atoms with Crippen LogP contribution in [0, 0.1) is 0 Å². The summed E-state index contributed by atoms with van der Waals surface area (Å²) in [6.07, 6.45) is 0. The zero-order valence-corrected chi connectivity index (χ0v) is 41.4. The van der Waals surface area contributed by atoms with Gasteiger partial charge in [-0.05, 0) is 108 Å². The fraction of sp³-hybridized carbons (Fsp3) is 0. The largest absolute Gasteiger partial charge is 0.505 e. The van der Waals surface area contributed by atoms with Gasteiger partial charge in [-0.25, -0.2) is 0 Å². The molecule has 11 rings (SSSR count). The average molecular weight is 1090 g/mol. The summed E-state index contributed by atoms with van der Waals surface area (Å²) in [6.45, 7) is 0. The molecule has 0 unspecified atom stereocenters. The molecule has 0 fully saturated rings. The Labute approximate surface area is 428 Å². The summed E-state index contributed by atoms with van der Waals surface area (Å²) in [7, 11) is -19.3. The van der Waals surface area contributed by atoms with E-state index in [1.807, 2.05) is 36.4 Å². The van der Waals surface area contributed by atoms with Crippen LogP contribution in [0.15, 0.2) is 208 Å². The monoisotopic (exact) mass is 1090 g/mol. The van der Waals surface area contributed by atoms with Crippen molar-refractivity contribution < 1.29 is 57.0 Å². The number of azo groups is 3. The van der Waals surface area contributed by atoms with Gasteiger partial charge in [-0.2, -0.15) is 38.5 Å². The van der Waals surface area contributed by atoms with Crippen molar-refractivity contribution in [1.29, 1.82) is 0 Å². The third-order valence-corrected chi connectivity index (χ3v) is 15.6. The molecule has 0 amide bonds. The van der Waals surface area contributed by atoms with Crippen molar-refractivity contribution >= 4 is 139 Å². The Balaban J connectivity index is 0.935. The van der Waals surface area contributed by atoms with Gasteiger partial charge in [0.05, 0.1) is 48.8 Å². The van der Waals surface area contributed by atoms with Gasteiger partial charge in [-0.1, -0.05) is 60.7 Å². The molecule has 0 aliphatic rings. The number of hydrogen-bond acceptors (Lipinski definition) is 17. The molecule has 0 atom stereocenters. The summed E-state index contributed by atoms with van der Waals surface area (Å²) in [5, 5.41) is 50.3. The van der Waals surface area contributed by atoms with E-state index >= 15 is 0 Å². The molecule has 0 radical (unpaired) electrons. The molecule has 5 N–H and O–H groups in total. The maximum absolute atomic E-state index is 12.4. The van der Waals surface area contributed by atoms with Gasteiger partial charge in [0, 0.05) is 43.1 Å². The lowest BCUT2D eigenvalue weighted by Gasteiger charge is -2.09. The molecular formula is C50H31N9O13S4. The Hall–Kier alpha value is -8.86. The smallest absolute Gasteiger partial charge is 0.295 e. The maximum Gasteiger partial charge on any atom is 0.295 e. The first-order valence-corrected chi connectivity index (χ1v) is 27.7. The van der Waals surface area contributed by atoms with Crippen LogP contribution in [0.5, 0.6) is 5.75 Å². The van der Waals surface area contributed by atoms with Crippen LogP contribution in [0.2, 0.25) is 0 Å². The molecular weight excluding hydrogens is 1060 g/mol. The van der Waals surface area contributed by atoms with Crippen LogP contribution in [0.4, 0.5) is 34.1 Å². The van der Waals surface area contributed by atoms with Crippen LogP contribution in [0.1, 0.15) is 0 Å². The average Bonchev–Trinajstić information content (AvgIpc) is 3.84.